The summed E-state index contributed by atoms with van der Waals surface area (Å²) in [6.45, 7) is 3.93. The molecule has 0 saturated heterocycles. The van der Waals surface area contributed by atoms with Crippen molar-refractivity contribution in [2.75, 3.05) is 19.0 Å². The van der Waals surface area contributed by atoms with Crippen LogP contribution >= 0.6 is 0 Å². The quantitative estimate of drug-likeness (QED) is 0.245. The molecule has 0 amide bonds. The Morgan fingerprint density at radius 1 is 1.03 bits per heavy atom. The number of nitrogens with one attached hydrogen (secondary N) is 1. The van der Waals surface area contributed by atoms with Gasteiger partial charge in [0.15, 0.2) is 17.4 Å². The van der Waals surface area contributed by atoms with Gasteiger partial charge >= 0.3 is 0 Å². The van der Waals surface area contributed by atoms with E-state index in [1.807, 2.05) is 31.2 Å². The number of halogens is 2. The summed E-state index contributed by atoms with van der Waals surface area (Å²) in [5, 5.41) is 8.77. The van der Waals surface area contributed by atoms with E-state index in [4.69, 9.17) is 14.6 Å². The maximum absolute atomic E-state index is 15.2. The van der Waals surface area contributed by atoms with Crippen molar-refractivity contribution < 1.29 is 18.3 Å². The van der Waals surface area contributed by atoms with Gasteiger partial charge in [-0.1, -0.05) is 25.1 Å². The van der Waals surface area contributed by atoms with Crippen LogP contribution < -0.4 is 14.8 Å². The lowest BCUT2D eigenvalue weighted by molar-refractivity contribution is 0.334. The molecule has 5 rings (SSSR count). The van der Waals surface area contributed by atoms with E-state index in [-0.39, 0.29) is 11.3 Å². The van der Waals surface area contributed by atoms with Gasteiger partial charge in [0.1, 0.15) is 23.1 Å². The molecule has 0 radical (unpaired) electrons. The average molecular weight is 517 g/mol. The number of aromatic nitrogens is 5. The number of anilines is 2. The van der Waals surface area contributed by atoms with E-state index in [0.29, 0.717) is 41.6 Å². The summed E-state index contributed by atoms with van der Waals surface area (Å²) < 4.78 is 42.8. The molecular weight excluding hydrogens is 490 g/mol. The topological polar surface area (TPSA) is 87.0 Å². The van der Waals surface area contributed by atoms with Crippen LogP contribution in [0.5, 0.6) is 11.5 Å². The highest BCUT2D eigenvalue weighted by Crippen LogP contribution is 2.36. The van der Waals surface area contributed by atoms with E-state index < -0.39 is 17.7 Å². The van der Waals surface area contributed by atoms with Crippen molar-refractivity contribution in [3.8, 4) is 23.0 Å². The lowest BCUT2D eigenvalue weighted by atomic mass is 10.0. The maximum Gasteiger partial charge on any atom is 0.183 e. The molecule has 1 unspecified atom stereocenters. The Labute approximate surface area is 218 Å². The van der Waals surface area contributed by atoms with Gasteiger partial charge in [-0.25, -0.2) is 18.7 Å². The number of methoxy groups -OCH3 is 1. The van der Waals surface area contributed by atoms with E-state index in [2.05, 4.69) is 20.3 Å². The van der Waals surface area contributed by atoms with Crippen LogP contribution in [0.15, 0.2) is 67.1 Å². The third-order valence-electron chi connectivity index (χ3n) is 6.12. The highest BCUT2D eigenvalue weighted by molar-refractivity contribution is 5.92. The first-order valence-corrected chi connectivity index (χ1v) is 12.2. The monoisotopic (exact) mass is 516 g/mol. The van der Waals surface area contributed by atoms with Gasteiger partial charge in [0, 0.05) is 41.2 Å². The normalized spacial score (nSPS) is 11.9. The fourth-order valence-corrected chi connectivity index (χ4v) is 4.42. The molecule has 0 aliphatic rings. The second-order valence-corrected chi connectivity index (χ2v) is 8.44. The summed E-state index contributed by atoms with van der Waals surface area (Å²) in [7, 11) is 1.53. The first kappa shape index (κ1) is 25.1. The number of fused-ring (bicyclic) bond motifs is 1. The summed E-state index contributed by atoms with van der Waals surface area (Å²) in [5.74, 6) is -0.0121. The molecular formula is C28H26F2N6O2. The zero-order valence-electron chi connectivity index (χ0n) is 21.2. The fourth-order valence-electron chi connectivity index (χ4n) is 4.42. The standard InChI is InChI=1S/C28H26F2N6O2/c1-4-22(25-20(29)14-18(38-5-2)15-21(25)30)36-23-9-7-6-8-19(23)26(35-36)28-32-16-24(37-3)27(34-28)33-17-10-12-31-13-11-17/h6-16,22H,4-5H2,1-3H3,(H,31,32,33,34). The van der Waals surface area contributed by atoms with Crippen molar-refractivity contribution in [1.82, 2.24) is 24.7 Å². The van der Waals surface area contributed by atoms with Crippen LogP contribution in [-0.2, 0) is 0 Å². The van der Waals surface area contributed by atoms with Crippen LogP contribution in [0.25, 0.3) is 22.4 Å². The molecule has 3 heterocycles. The zero-order valence-corrected chi connectivity index (χ0v) is 21.2. The summed E-state index contributed by atoms with van der Waals surface area (Å²) >= 11 is 0. The van der Waals surface area contributed by atoms with Gasteiger partial charge < -0.3 is 14.8 Å². The second kappa shape index (κ2) is 10.8. The van der Waals surface area contributed by atoms with E-state index in [1.54, 1.807) is 42.3 Å². The third kappa shape index (κ3) is 4.72. The highest BCUT2D eigenvalue weighted by Gasteiger charge is 2.26. The Morgan fingerprint density at radius 2 is 1.76 bits per heavy atom. The van der Waals surface area contributed by atoms with Crippen molar-refractivity contribution >= 4 is 22.4 Å². The van der Waals surface area contributed by atoms with Crippen LogP contribution in [0, 0.1) is 11.6 Å². The van der Waals surface area contributed by atoms with Crippen LogP contribution in [0.4, 0.5) is 20.3 Å². The van der Waals surface area contributed by atoms with Crippen LogP contribution in [0.2, 0.25) is 0 Å². The summed E-state index contributed by atoms with van der Waals surface area (Å²) in [6, 6.07) is 12.8. The number of para-hydroxylation sites is 1. The van der Waals surface area contributed by atoms with E-state index in [0.717, 1.165) is 11.1 Å². The maximum atomic E-state index is 15.2. The van der Waals surface area contributed by atoms with Gasteiger partial charge in [0.25, 0.3) is 0 Å². The first-order valence-electron chi connectivity index (χ1n) is 12.2. The van der Waals surface area contributed by atoms with E-state index in [1.165, 1.54) is 19.2 Å². The first-order chi connectivity index (χ1) is 18.5. The molecule has 10 heteroatoms. The van der Waals surface area contributed by atoms with Crippen molar-refractivity contribution in [2.45, 2.75) is 26.3 Å². The van der Waals surface area contributed by atoms with Gasteiger partial charge in [-0.05, 0) is 31.5 Å². The Bertz CT molecular complexity index is 1550. The smallest absolute Gasteiger partial charge is 0.183 e. The molecule has 1 N–H and O–H groups in total. The molecule has 3 aromatic heterocycles. The van der Waals surface area contributed by atoms with E-state index in [9.17, 15) is 0 Å². The molecule has 0 saturated carbocycles. The van der Waals surface area contributed by atoms with E-state index >= 15 is 8.78 Å². The zero-order chi connectivity index (χ0) is 26.6. The molecule has 0 aliphatic carbocycles. The minimum absolute atomic E-state index is 0.0774. The molecule has 0 bridgehead atoms. The number of hydrogen-bond donors (Lipinski definition) is 1. The minimum atomic E-state index is -0.711. The Morgan fingerprint density at radius 3 is 2.45 bits per heavy atom. The fraction of sp³-hybridized carbons (Fsp3) is 0.214. The largest absolute Gasteiger partial charge is 0.494 e. The highest BCUT2D eigenvalue weighted by atomic mass is 19.1. The van der Waals surface area contributed by atoms with Crippen molar-refractivity contribution in [3.05, 3.63) is 84.3 Å². The summed E-state index contributed by atoms with van der Waals surface area (Å²) in [4.78, 5) is 13.2. The van der Waals surface area contributed by atoms with Crippen molar-refractivity contribution in [3.63, 3.8) is 0 Å². The minimum Gasteiger partial charge on any atom is -0.494 e. The van der Waals surface area contributed by atoms with Gasteiger partial charge in [0.2, 0.25) is 0 Å². The SMILES string of the molecule is CCOc1cc(F)c(C(CC)n2nc(-c3ncc(OC)c(Nc4ccncc4)n3)c3ccccc32)c(F)c1. The second-order valence-electron chi connectivity index (χ2n) is 8.44. The molecule has 0 fully saturated rings. The van der Waals surface area contributed by atoms with Crippen molar-refractivity contribution in [1.29, 1.82) is 0 Å². The third-order valence-corrected chi connectivity index (χ3v) is 6.12. The predicted molar refractivity (Wildman–Crippen MR) is 141 cm³/mol. The molecule has 2 aromatic carbocycles. The Balaban J connectivity index is 1.63. The van der Waals surface area contributed by atoms with Crippen LogP contribution in [0.1, 0.15) is 31.9 Å². The summed E-state index contributed by atoms with van der Waals surface area (Å²) in [6.07, 6.45) is 5.28. The average Bonchev–Trinajstić information content (AvgIpc) is 3.31. The summed E-state index contributed by atoms with van der Waals surface area (Å²) in [5.41, 5.74) is 1.87. The number of benzene rings is 2. The van der Waals surface area contributed by atoms with Crippen LogP contribution in [0.3, 0.4) is 0 Å². The molecule has 5 aromatic rings. The number of hydrogen-bond acceptors (Lipinski definition) is 7. The van der Waals surface area contributed by atoms with Gasteiger partial charge in [-0.15, -0.1) is 0 Å². The molecule has 0 spiro atoms. The van der Waals surface area contributed by atoms with Gasteiger partial charge in [-0.3, -0.25) is 9.67 Å². The Kier molecular flexibility index (Phi) is 7.12. The van der Waals surface area contributed by atoms with Crippen LogP contribution in [-0.4, -0.2) is 38.4 Å². The lowest BCUT2D eigenvalue weighted by Gasteiger charge is -2.19. The van der Waals surface area contributed by atoms with Crippen molar-refractivity contribution in [2.24, 2.45) is 0 Å². The van der Waals surface area contributed by atoms with Gasteiger partial charge in [0.05, 0.1) is 31.5 Å². The number of pyridine rings is 1. The molecule has 8 nitrogen and oxygen atoms in total. The molecule has 0 aliphatic heterocycles. The number of nitrogens with zero attached hydrogens (tertiary/aromatic N) is 5. The predicted octanol–water partition coefficient (Wildman–Crippen LogP) is 6.32. The van der Waals surface area contributed by atoms with Gasteiger partial charge in [-0.2, -0.15) is 5.10 Å². The molecule has 38 heavy (non-hydrogen) atoms. The number of rotatable bonds is 9. The lowest BCUT2D eigenvalue weighted by Crippen LogP contribution is -2.15. The number of ether oxygens (including phenoxy) is 2. The molecule has 194 valence electrons. The molecule has 1 atom stereocenters. The Hall–Kier alpha value is -4.60.